The fourth-order valence-corrected chi connectivity index (χ4v) is 1.90. The van der Waals surface area contributed by atoms with Crippen LogP contribution in [0.2, 0.25) is 0 Å². The van der Waals surface area contributed by atoms with Crippen molar-refractivity contribution in [3.05, 3.63) is 41.0 Å². The summed E-state index contributed by atoms with van der Waals surface area (Å²) in [6.45, 7) is 11.7. The van der Waals surface area contributed by atoms with Crippen LogP contribution < -0.4 is 10.1 Å². The van der Waals surface area contributed by atoms with Crippen molar-refractivity contribution in [1.29, 1.82) is 0 Å². The van der Waals surface area contributed by atoms with E-state index >= 15 is 0 Å². The van der Waals surface area contributed by atoms with Crippen molar-refractivity contribution < 1.29 is 4.74 Å². The summed E-state index contributed by atoms with van der Waals surface area (Å²) in [6, 6.07) is 4.36. The Morgan fingerprint density at radius 2 is 1.88 bits per heavy atom. The van der Waals surface area contributed by atoms with Crippen LogP contribution >= 0.6 is 0 Å². The predicted molar refractivity (Wildman–Crippen MR) is 73.6 cm³/mol. The molecule has 0 saturated carbocycles. The van der Waals surface area contributed by atoms with Crippen LogP contribution in [0, 0.1) is 13.8 Å². The second-order valence-corrected chi connectivity index (χ2v) is 4.64. The number of benzene rings is 1. The maximum Gasteiger partial charge on any atom is 0.125 e. The van der Waals surface area contributed by atoms with Gasteiger partial charge in [0.05, 0.1) is 6.61 Å². The molecule has 0 saturated heterocycles. The van der Waals surface area contributed by atoms with Gasteiger partial charge in [-0.25, -0.2) is 0 Å². The van der Waals surface area contributed by atoms with Gasteiger partial charge in [-0.1, -0.05) is 17.7 Å². The van der Waals surface area contributed by atoms with E-state index in [9.17, 15) is 0 Å². The fourth-order valence-electron chi connectivity index (χ4n) is 1.90. The molecule has 1 rings (SSSR count). The van der Waals surface area contributed by atoms with E-state index < -0.39 is 0 Å². The third-order valence-electron chi connectivity index (χ3n) is 2.68. The average Bonchev–Trinajstić information content (AvgIpc) is 2.22. The first-order valence-electron chi connectivity index (χ1n) is 6.06. The number of hydrogen-bond donors (Lipinski definition) is 1. The number of aryl methyl sites for hydroxylation is 2. The van der Waals surface area contributed by atoms with Gasteiger partial charge in [0.2, 0.25) is 0 Å². The SMILES string of the molecule is C=C(C)CCOc1c(C)cc(CNC)cc1C. The quantitative estimate of drug-likeness (QED) is 0.761. The van der Waals surface area contributed by atoms with Crippen LogP contribution in [0.25, 0.3) is 0 Å². The highest BCUT2D eigenvalue weighted by atomic mass is 16.5. The van der Waals surface area contributed by atoms with Gasteiger partial charge in [0.1, 0.15) is 5.75 Å². The zero-order valence-corrected chi connectivity index (χ0v) is 11.4. The molecule has 17 heavy (non-hydrogen) atoms. The smallest absolute Gasteiger partial charge is 0.125 e. The topological polar surface area (TPSA) is 21.3 Å². The summed E-state index contributed by atoms with van der Waals surface area (Å²) >= 11 is 0. The second-order valence-electron chi connectivity index (χ2n) is 4.64. The number of rotatable bonds is 6. The predicted octanol–water partition coefficient (Wildman–Crippen LogP) is 3.37. The van der Waals surface area contributed by atoms with Crippen LogP contribution in [0.5, 0.6) is 5.75 Å². The van der Waals surface area contributed by atoms with Gasteiger partial charge in [0.25, 0.3) is 0 Å². The lowest BCUT2D eigenvalue weighted by atomic mass is 10.1. The minimum absolute atomic E-state index is 0.711. The number of hydrogen-bond acceptors (Lipinski definition) is 2. The van der Waals surface area contributed by atoms with Gasteiger partial charge in [-0.15, -0.1) is 6.58 Å². The average molecular weight is 233 g/mol. The Morgan fingerprint density at radius 1 is 1.29 bits per heavy atom. The Kier molecular flexibility index (Phi) is 5.23. The second kappa shape index (κ2) is 6.45. The molecule has 94 valence electrons. The molecule has 1 N–H and O–H groups in total. The van der Waals surface area contributed by atoms with Crippen molar-refractivity contribution in [2.75, 3.05) is 13.7 Å². The van der Waals surface area contributed by atoms with Crippen LogP contribution in [0.4, 0.5) is 0 Å². The van der Waals surface area contributed by atoms with Crippen molar-refractivity contribution in [2.45, 2.75) is 33.7 Å². The molecule has 0 bridgehead atoms. The third-order valence-corrected chi connectivity index (χ3v) is 2.68. The molecule has 2 heteroatoms. The van der Waals surface area contributed by atoms with E-state index in [1.165, 1.54) is 16.7 Å². The summed E-state index contributed by atoms with van der Waals surface area (Å²) in [5, 5.41) is 3.16. The van der Waals surface area contributed by atoms with E-state index in [4.69, 9.17) is 4.74 Å². The molecule has 2 nitrogen and oxygen atoms in total. The van der Waals surface area contributed by atoms with Gasteiger partial charge < -0.3 is 10.1 Å². The van der Waals surface area contributed by atoms with Gasteiger partial charge in [-0.05, 0) is 44.5 Å². The molecular weight excluding hydrogens is 210 g/mol. The van der Waals surface area contributed by atoms with Gasteiger partial charge in [-0.3, -0.25) is 0 Å². The summed E-state index contributed by atoms with van der Waals surface area (Å²) < 4.78 is 5.83. The molecule has 0 aliphatic carbocycles. The molecule has 0 aliphatic heterocycles. The van der Waals surface area contributed by atoms with E-state index in [2.05, 4.69) is 37.9 Å². The van der Waals surface area contributed by atoms with Crippen LogP contribution in [0.15, 0.2) is 24.3 Å². The van der Waals surface area contributed by atoms with Crippen molar-refractivity contribution in [3.63, 3.8) is 0 Å². The van der Waals surface area contributed by atoms with E-state index in [1.807, 2.05) is 14.0 Å². The van der Waals surface area contributed by atoms with E-state index in [1.54, 1.807) is 0 Å². The van der Waals surface area contributed by atoms with Gasteiger partial charge in [-0.2, -0.15) is 0 Å². The first kappa shape index (κ1) is 13.8. The molecule has 0 heterocycles. The summed E-state index contributed by atoms with van der Waals surface area (Å²) in [5.41, 5.74) is 4.87. The minimum Gasteiger partial charge on any atom is -0.493 e. The van der Waals surface area contributed by atoms with Crippen LogP contribution in [0.3, 0.4) is 0 Å². The maximum atomic E-state index is 5.83. The molecule has 0 unspecified atom stereocenters. The minimum atomic E-state index is 0.711. The Hall–Kier alpha value is -1.28. The van der Waals surface area contributed by atoms with Gasteiger partial charge in [0, 0.05) is 13.0 Å². The Bertz CT molecular complexity index is 373. The van der Waals surface area contributed by atoms with Crippen LogP contribution in [-0.2, 0) is 6.54 Å². The Labute approximate surface area is 105 Å². The summed E-state index contributed by atoms with van der Waals surface area (Å²) in [6.07, 6.45) is 0.914. The highest BCUT2D eigenvalue weighted by molar-refractivity contribution is 5.43. The van der Waals surface area contributed by atoms with Crippen molar-refractivity contribution >= 4 is 0 Å². The van der Waals surface area contributed by atoms with Crippen molar-refractivity contribution in [3.8, 4) is 5.75 Å². The largest absolute Gasteiger partial charge is 0.493 e. The normalized spacial score (nSPS) is 10.4. The monoisotopic (exact) mass is 233 g/mol. The standard InChI is InChI=1S/C15H23NO/c1-11(2)6-7-17-15-12(3)8-14(10-16-5)9-13(15)4/h8-9,16H,1,6-7,10H2,2-5H3. The molecule has 0 aromatic heterocycles. The van der Waals surface area contributed by atoms with E-state index in [-0.39, 0.29) is 0 Å². The van der Waals surface area contributed by atoms with Crippen LogP contribution in [0.1, 0.15) is 30.0 Å². The van der Waals surface area contributed by atoms with E-state index in [0.717, 1.165) is 24.3 Å². The summed E-state index contributed by atoms with van der Waals surface area (Å²) in [4.78, 5) is 0. The Morgan fingerprint density at radius 3 is 2.35 bits per heavy atom. The molecule has 1 aromatic rings. The molecule has 0 fully saturated rings. The van der Waals surface area contributed by atoms with Gasteiger partial charge in [0.15, 0.2) is 0 Å². The first-order chi connectivity index (χ1) is 8.04. The molecule has 0 radical (unpaired) electrons. The lowest BCUT2D eigenvalue weighted by Gasteiger charge is -2.14. The lowest BCUT2D eigenvalue weighted by Crippen LogP contribution is -2.07. The fraction of sp³-hybridized carbons (Fsp3) is 0.467. The summed E-state index contributed by atoms with van der Waals surface area (Å²) in [7, 11) is 1.96. The number of ether oxygens (including phenoxy) is 1. The molecule has 1 aromatic carbocycles. The van der Waals surface area contributed by atoms with E-state index in [0.29, 0.717) is 6.61 Å². The van der Waals surface area contributed by atoms with Crippen molar-refractivity contribution in [2.24, 2.45) is 0 Å². The number of nitrogens with one attached hydrogen (secondary N) is 1. The lowest BCUT2D eigenvalue weighted by molar-refractivity contribution is 0.317. The maximum absolute atomic E-state index is 5.83. The molecule has 0 atom stereocenters. The van der Waals surface area contributed by atoms with Crippen LogP contribution in [-0.4, -0.2) is 13.7 Å². The summed E-state index contributed by atoms with van der Waals surface area (Å²) in [5.74, 6) is 1.02. The zero-order chi connectivity index (χ0) is 12.8. The molecule has 0 amide bonds. The highest BCUT2D eigenvalue weighted by Crippen LogP contribution is 2.25. The Balaban J connectivity index is 2.75. The highest BCUT2D eigenvalue weighted by Gasteiger charge is 2.06. The van der Waals surface area contributed by atoms with Gasteiger partial charge >= 0.3 is 0 Å². The molecule has 0 aliphatic rings. The van der Waals surface area contributed by atoms with Crippen molar-refractivity contribution in [1.82, 2.24) is 5.32 Å². The molecule has 0 spiro atoms. The zero-order valence-electron chi connectivity index (χ0n) is 11.4. The first-order valence-corrected chi connectivity index (χ1v) is 6.06. The molecular formula is C15H23NO. The third kappa shape index (κ3) is 4.23.